The SMILES string of the molecule is CN(Sc1ccsc1CS(=O)CC(=O)O)c1cccc2cc(-c3nccs3)[nH]c12. The molecule has 1 atom stereocenters. The summed E-state index contributed by atoms with van der Waals surface area (Å²) in [5.41, 5.74) is 3.04. The number of aliphatic carboxylic acids is 1. The quantitative estimate of drug-likeness (QED) is 0.364. The van der Waals surface area contributed by atoms with Gasteiger partial charge in [0, 0.05) is 44.6 Å². The van der Waals surface area contributed by atoms with Crippen molar-refractivity contribution in [3.8, 4) is 10.7 Å². The van der Waals surface area contributed by atoms with Crippen molar-refractivity contribution < 1.29 is 14.1 Å². The molecule has 0 fully saturated rings. The van der Waals surface area contributed by atoms with Crippen molar-refractivity contribution in [2.45, 2.75) is 10.6 Å². The Morgan fingerprint density at radius 3 is 2.93 bits per heavy atom. The van der Waals surface area contributed by atoms with Crippen LogP contribution >= 0.6 is 34.6 Å². The molecule has 10 heteroatoms. The Morgan fingerprint density at radius 2 is 2.17 bits per heavy atom. The third kappa shape index (κ3) is 4.55. The van der Waals surface area contributed by atoms with Crippen LogP contribution < -0.4 is 4.31 Å². The molecule has 0 bridgehead atoms. The van der Waals surface area contributed by atoms with E-state index in [4.69, 9.17) is 5.11 Å². The highest BCUT2D eigenvalue weighted by atomic mass is 32.2. The highest BCUT2D eigenvalue weighted by Gasteiger charge is 2.16. The smallest absolute Gasteiger partial charge is 0.316 e. The number of hydrogen-bond donors (Lipinski definition) is 2. The van der Waals surface area contributed by atoms with Crippen LogP contribution in [0.5, 0.6) is 0 Å². The van der Waals surface area contributed by atoms with Gasteiger partial charge in [-0.3, -0.25) is 9.00 Å². The molecule has 29 heavy (non-hydrogen) atoms. The average Bonchev–Trinajstić information content (AvgIpc) is 3.41. The number of aromatic nitrogens is 2. The minimum Gasteiger partial charge on any atom is -0.481 e. The summed E-state index contributed by atoms with van der Waals surface area (Å²) in [4.78, 5) is 20.6. The second-order valence-corrected chi connectivity index (χ2v) is 10.7. The second-order valence-electron chi connectivity index (χ2n) is 6.18. The molecule has 0 amide bonds. The fourth-order valence-corrected chi connectivity index (χ4v) is 6.86. The van der Waals surface area contributed by atoms with Crippen LogP contribution in [-0.2, 0) is 21.3 Å². The number of thiophene rings is 1. The third-order valence-corrected chi connectivity index (χ3v) is 8.42. The normalized spacial score (nSPS) is 12.3. The zero-order chi connectivity index (χ0) is 20.4. The van der Waals surface area contributed by atoms with Crippen LogP contribution in [0.2, 0.25) is 0 Å². The number of nitrogens with zero attached hydrogens (tertiary/aromatic N) is 2. The number of H-pyrrole nitrogens is 1. The number of para-hydroxylation sites is 1. The summed E-state index contributed by atoms with van der Waals surface area (Å²) in [6.45, 7) is 0. The Bertz CT molecular complexity index is 1170. The van der Waals surface area contributed by atoms with Crippen LogP contribution in [0.15, 0.2) is 52.2 Å². The van der Waals surface area contributed by atoms with E-state index in [-0.39, 0.29) is 11.5 Å². The maximum Gasteiger partial charge on any atom is 0.316 e. The fraction of sp³-hybridized carbons (Fsp3) is 0.158. The van der Waals surface area contributed by atoms with Crippen LogP contribution in [0.1, 0.15) is 4.88 Å². The van der Waals surface area contributed by atoms with E-state index in [1.54, 1.807) is 29.5 Å². The summed E-state index contributed by atoms with van der Waals surface area (Å²) >= 11 is 4.63. The first-order valence-electron chi connectivity index (χ1n) is 8.57. The zero-order valence-corrected chi connectivity index (χ0v) is 18.6. The summed E-state index contributed by atoms with van der Waals surface area (Å²) in [5.74, 6) is -1.12. The van der Waals surface area contributed by atoms with Gasteiger partial charge in [-0.25, -0.2) is 4.98 Å². The summed E-state index contributed by atoms with van der Waals surface area (Å²) in [6, 6.07) is 10.2. The number of carbonyl (C=O) groups is 1. The first-order chi connectivity index (χ1) is 14.0. The Labute approximate surface area is 182 Å². The van der Waals surface area contributed by atoms with Gasteiger partial charge in [0.1, 0.15) is 10.8 Å². The first-order valence-corrected chi connectivity index (χ1v) is 12.6. The highest BCUT2D eigenvalue weighted by molar-refractivity contribution is 8.00. The molecule has 0 aliphatic rings. The maximum absolute atomic E-state index is 12.0. The average molecular weight is 464 g/mol. The number of carboxylic acids is 1. The van der Waals surface area contributed by atoms with E-state index in [1.807, 2.05) is 36.0 Å². The number of carboxylic acid groups (broad SMARTS) is 1. The summed E-state index contributed by atoms with van der Waals surface area (Å²) < 4.78 is 14.1. The first kappa shape index (κ1) is 20.1. The van der Waals surface area contributed by atoms with E-state index in [0.717, 1.165) is 37.1 Å². The molecule has 3 aromatic heterocycles. The lowest BCUT2D eigenvalue weighted by Gasteiger charge is -2.19. The van der Waals surface area contributed by atoms with Gasteiger partial charge in [0.05, 0.1) is 22.7 Å². The van der Waals surface area contributed by atoms with Gasteiger partial charge in [-0.05, 0) is 35.5 Å². The summed E-state index contributed by atoms with van der Waals surface area (Å²) in [5, 5.41) is 14.8. The molecule has 1 aromatic carbocycles. The molecule has 3 heterocycles. The Balaban J connectivity index is 1.57. The van der Waals surface area contributed by atoms with Crippen LogP contribution in [0, 0.1) is 0 Å². The zero-order valence-electron chi connectivity index (χ0n) is 15.3. The number of hydrogen-bond acceptors (Lipinski definition) is 7. The van der Waals surface area contributed by atoms with Crippen molar-refractivity contribution in [1.29, 1.82) is 0 Å². The number of aromatic amines is 1. The molecular formula is C19H17N3O3S4. The molecule has 2 N–H and O–H groups in total. The van der Waals surface area contributed by atoms with Crippen molar-refractivity contribution >= 4 is 68.0 Å². The Kier molecular flexibility index (Phi) is 6.04. The largest absolute Gasteiger partial charge is 0.481 e. The molecule has 0 saturated heterocycles. The minimum absolute atomic E-state index is 0.251. The fourth-order valence-electron chi connectivity index (χ4n) is 2.92. The van der Waals surface area contributed by atoms with Gasteiger partial charge in [0.15, 0.2) is 0 Å². The predicted molar refractivity (Wildman–Crippen MR) is 122 cm³/mol. The van der Waals surface area contributed by atoms with Crippen LogP contribution in [-0.4, -0.2) is 38.1 Å². The van der Waals surface area contributed by atoms with Gasteiger partial charge >= 0.3 is 5.97 Å². The van der Waals surface area contributed by atoms with Gasteiger partial charge in [-0.2, -0.15) is 0 Å². The van der Waals surface area contributed by atoms with E-state index in [2.05, 4.69) is 26.4 Å². The number of nitrogens with one attached hydrogen (secondary N) is 1. The van der Waals surface area contributed by atoms with Gasteiger partial charge < -0.3 is 14.4 Å². The Hall–Kier alpha value is -2.14. The van der Waals surface area contributed by atoms with Gasteiger partial charge in [-0.15, -0.1) is 22.7 Å². The third-order valence-electron chi connectivity index (χ3n) is 4.15. The molecule has 150 valence electrons. The van der Waals surface area contributed by atoms with Crippen molar-refractivity contribution in [2.24, 2.45) is 0 Å². The van der Waals surface area contributed by atoms with Crippen molar-refractivity contribution in [1.82, 2.24) is 9.97 Å². The second kappa shape index (κ2) is 8.70. The molecule has 1 unspecified atom stereocenters. The molecule has 6 nitrogen and oxygen atoms in total. The number of rotatable bonds is 8. The lowest BCUT2D eigenvalue weighted by molar-refractivity contribution is -0.133. The van der Waals surface area contributed by atoms with Gasteiger partial charge in [0.25, 0.3) is 0 Å². The Morgan fingerprint density at radius 1 is 1.31 bits per heavy atom. The van der Waals surface area contributed by atoms with Gasteiger partial charge in [0.2, 0.25) is 0 Å². The molecule has 0 spiro atoms. The molecule has 0 aliphatic heterocycles. The van der Waals surface area contributed by atoms with E-state index in [9.17, 15) is 9.00 Å². The van der Waals surface area contributed by atoms with Crippen molar-refractivity contribution in [3.63, 3.8) is 0 Å². The monoisotopic (exact) mass is 463 g/mol. The number of anilines is 1. The lowest BCUT2D eigenvalue weighted by Crippen LogP contribution is -2.11. The van der Waals surface area contributed by atoms with Crippen LogP contribution in [0.3, 0.4) is 0 Å². The molecular weight excluding hydrogens is 446 g/mol. The highest BCUT2D eigenvalue weighted by Crippen LogP contribution is 2.37. The number of benzene rings is 1. The van der Waals surface area contributed by atoms with E-state index in [1.165, 1.54) is 11.3 Å². The van der Waals surface area contributed by atoms with E-state index in [0.29, 0.717) is 0 Å². The lowest BCUT2D eigenvalue weighted by atomic mass is 10.2. The molecule has 0 aliphatic carbocycles. The minimum atomic E-state index is -1.42. The molecule has 4 aromatic rings. The molecule has 0 radical (unpaired) electrons. The maximum atomic E-state index is 12.0. The van der Waals surface area contributed by atoms with Crippen molar-refractivity contribution in [2.75, 3.05) is 17.1 Å². The number of fused-ring (bicyclic) bond motifs is 1. The molecule has 4 rings (SSSR count). The van der Waals surface area contributed by atoms with Crippen molar-refractivity contribution in [3.05, 3.63) is 52.2 Å². The topological polar surface area (TPSA) is 86.3 Å². The number of thiazole rings is 1. The van der Waals surface area contributed by atoms with E-state index < -0.39 is 16.8 Å². The van der Waals surface area contributed by atoms with Crippen LogP contribution in [0.25, 0.3) is 21.6 Å². The predicted octanol–water partition coefficient (Wildman–Crippen LogP) is 4.83. The van der Waals surface area contributed by atoms with Crippen LogP contribution in [0.4, 0.5) is 5.69 Å². The summed E-state index contributed by atoms with van der Waals surface area (Å²) in [7, 11) is 0.567. The molecule has 0 saturated carbocycles. The van der Waals surface area contributed by atoms with Gasteiger partial charge in [-0.1, -0.05) is 12.1 Å². The standard InChI is InChI=1S/C19H17N3O3S4/c1-22(28-15-5-7-26-16(15)10-29(25)11-17(23)24)14-4-2-3-12-9-13(21-18(12)14)19-20-6-8-27-19/h2-9,21H,10-11H2,1H3,(H,23,24). The summed E-state index contributed by atoms with van der Waals surface area (Å²) in [6.07, 6.45) is 1.79. The van der Waals surface area contributed by atoms with E-state index >= 15 is 0 Å².